The third-order valence-corrected chi connectivity index (χ3v) is 3.09. The van der Waals surface area contributed by atoms with Gasteiger partial charge >= 0.3 is 0 Å². The molecule has 3 N–H and O–H groups in total. The van der Waals surface area contributed by atoms with Crippen molar-refractivity contribution in [1.82, 2.24) is 15.0 Å². The zero-order chi connectivity index (χ0) is 12.9. The third kappa shape index (κ3) is 3.52. The molecule has 0 aliphatic carbocycles. The topological polar surface area (TPSA) is 65.1 Å². The maximum absolute atomic E-state index is 5.73. The zero-order valence-corrected chi connectivity index (χ0v) is 11.2. The molecule has 5 heteroatoms. The predicted octanol–water partition coefficient (Wildman–Crippen LogP) is 1.09. The third-order valence-electron chi connectivity index (χ3n) is 3.09. The Balaban J connectivity index is 2.76. The van der Waals surface area contributed by atoms with Gasteiger partial charge in [0, 0.05) is 32.0 Å². The molecule has 0 aromatic carbocycles. The molecule has 0 saturated heterocycles. The van der Waals surface area contributed by atoms with Gasteiger partial charge in [0.05, 0.1) is 11.6 Å². The molecule has 0 bridgehead atoms. The molecule has 0 saturated carbocycles. The van der Waals surface area contributed by atoms with Gasteiger partial charge in [-0.1, -0.05) is 0 Å². The maximum atomic E-state index is 5.73. The van der Waals surface area contributed by atoms with Crippen LogP contribution in [-0.2, 0) is 17.7 Å². The van der Waals surface area contributed by atoms with Gasteiger partial charge in [-0.15, -0.1) is 0 Å². The molecule has 1 aromatic rings. The van der Waals surface area contributed by atoms with Crippen LogP contribution in [0.1, 0.15) is 33.5 Å². The van der Waals surface area contributed by atoms with Gasteiger partial charge in [0.15, 0.2) is 0 Å². The van der Waals surface area contributed by atoms with Gasteiger partial charge in [0.2, 0.25) is 0 Å². The van der Waals surface area contributed by atoms with Crippen molar-refractivity contribution >= 4 is 0 Å². The van der Waals surface area contributed by atoms with Crippen molar-refractivity contribution in [1.29, 1.82) is 0 Å². The Bertz CT molecular complexity index is 335. The normalized spacial score (nSPS) is 13.9. The number of nitrogens with zero attached hydrogens (tertiary/aromatic N) is 2. The highest BCUT2D eigenvalue weighted by atomic mass is 16.5. The summed E-state index contributed by atoms with van der Waals surface area (Å²) in [5.41, 5.74) is 2.53. The minimum atomic E-state index is -0.311. The number of imidazole rings is 1. The Labute approximate surface area is 103 Å². The fourth-order valence-electron chi connectivity index (χ4n) is 1.98. The first-order chi connectivity index (χ1) is 8.05. The number of aromatic nitrogens is 2. The number of ether oxygens (including phenoxy) is 1. The van der Waals surface area contributed by atoms with Crippen molar-refractivity contribution in [3.63, 3.8) is 0 Å². The highest BCUT2D eigenvalue weighted by Gasteiger charge is 2.30. The van der Waals surface area contributed by atoms with Crippen molar-refractivity contribution < 1.29 is 4.74 Å². The molecular formula is C12H24N4O. The Kier molecular flexibility index (Phi) is 5.11. The Morgan fingerprint density at radius 2 is 2.24 bits per heavy atom. The fourth-order valence-corrected chi connectivity index (χ4v) is 1.98. The van der Waals surface area contributed by atoms with Crippen LogP contribution in [0.25, 0.3) is 0 Å². The second-order valence-electron chi connectivity index (χ2n) is 4.59. The minimum Gasteiger partial charge on any atom is -0.374 e. The molecule has 5 nitrogen and oxygen atoms in total. The summed E-state index contributed by atoms with van der Waals surface area (Å²) in [5, 5.41) is 0. The first-order valence-corrected chi connectivity index (χ1v) is 6.15. The lowest BCUT2D eigenvalue weighted by molar-refractivity contribution is -0.0386. The maximum Gasteiger partial charge on any atom is 0.110 e. The molecule has 0 radical (unpaired) electrons. The molecule has 1 aromatic heterocycles. The van der Waals surface area contributed by atoms with Crippen LogP contribution in [0.5, 0.6) is 0 Å². The Hall–Kier alpha value is -0.910. The van der Waals surface area contributed by atoms with Crippen LogP contribution in [0.15, 0.2) is 12.4 Å². The van der Waals surface area contributed by atoms with Gasteiger partial charge < -0.3 is 9.30 Å². The monoisotopic (exact) mass is 240 g/mol. The molecule has 1 unspecified atom stereocenters. The Morgan fingerprint density at radius 1 is 1.53 bits per heavy atom. The van der Waals surface area contributed by atoms with Crippen molar-refractivity contribution in [3.8, 4) is 0 Å². The van der Waals surface area contributed by atoms with E-state index in [0.717, 1.165) is 18.8 Å². The summed E-state index contributed by atoms with van der Waals surface area (Å²) < 4.78 is 7.84. The summed E-state index contributed by atoms with van der Waals surface area (Å²) in [6.45, 7) is 9.77. The summed E-state index contributed by atoms with van der Waals surface area (Å²) in [5.74, 6) is 6.66. The van der Waals surface area contributed by atoms with Crippen LogP contribution >= 0.6 is 0 Å². The number of hydrazine groups is 1. The standard InChI is InChI=1S/C12H24N4O/c1-5-16-8-7-14-11(16)9-10(15-13)12(3,4)17-6-2/h7-8,10,15H,5-6,9,13H2,1-4H3. The Morgan fingerprint density at radius 3 is 2.76 bits per heavy atom. The van der Waals surface area contributed by atoms with Crippen LogP contribution in [-0.4, -0.2) is 27.8 Å². The van der Waals surface area contributed by atoms with E-state index in [2.05, 4.69) is 21.9 Å². The van der Waals surface area contributed by atoms with Gasteiger partial charge in [-0.05, 0) is 27.7 Å². The van der Waals surface area contributed by atoms with Crippen LogP contribution in [0.3, 0.4) is 0 Å². The van der Waals surface area contributed by atoms with Gasteiger partial charge in [-0.3, -0.25) is 11.3 Å². The van der Waals surface area contributed by atoms with E-state index in [1.807, 2.05) is 33.2 Å². The van der Waals surface area contributed by atoms with Crippen LogP contribution < -0.4 is 11.3 Å². The summed E-state index contributed by atoms with van der Waals surface area (Å²) in [6, 6.07) is 0.0372. The van der Waals surface area contributed by atoms with E-state index in [9.17, 15) is 0 Å². The number of hydrogen-bond donors (Lipinski definition) is 2. The highest BCUT2D eigenvalue weighted by molar-refractivity contribution is 4.99. The average Bonchev–Trinajstić information content (AvgIpc) is 2.72. The molecule has 0 spiro atoms. The fraction of sp³-hybridized carbons (Fsp3) is 0.750. The van der Waals surface area contributed by atoms with E-state index in [0.29, 0.717) is 6.61 Å². The van der Waals surface area contributed by atoms with E-state index in [1.165, 1.54) is 0 Å². The number of nitrogens with two attached hydrogens (primary N) is 1. The molecule has 1 atom stereocenters. The van der Waals surface area contributed by atoms with Crippen LogP contribution in [0.2, 0.25) is 0 Å². The van der Waals surface area contributed by atoms with Gasteiger partial charge in [-0.2, -0.15) is 0 Å². The van der Waals surface area contributed by atoms with E-state index in [1.54, 1.807) is 0 Å². The molecule has 0 aliphatic heterocycles. The van der Waals surface area contributed by atoms with Crippen LogP contribution in [0.4, 0.5) is 0 Å². The lowest BCUT2D eigenvalue weighted by Crippen LogP contribution is -2.53. The number of nitrogens with one attached hydrogen (secondary N) is 1. The minimum absolute atomic E-state index is 0.0372. The molecule has 98 valence electrons. The number of hydrogen-bond acceptors (Lipinski definition) is 4. The second kappa shape index (κ2) is 6.14. The SMILES string of the molecule is CCOC(C)(C)C(Cc1nccn1CC)NN. The second-order valence-corrected chi connectivity index (χ2v) is 4.59. The molecule has 1 heterocycles. The molecule has 0 fully saturated rings. The zero-order valence-electron chi connectivity index (χ0n) is 11.2. The van der Waals surface area contributed by atoms with Crippen molar-refractivity contribution in [2.24, 2.45) is 5.84 Å². The summed E-state index contributed by atoms with van der Waals surface area (Å²) in [4.78, 5) is 4.36. The lowest BCUT2D eigenvalue weighted by Gasteiger charge is -2.33. The smallest absolute Gasteiger partial charge is 0.110 e. The first kappa shape index (κ1) is 14.2. The van der Waals surface area contributed by atoms with Crippen molar-refractivity contribution in [2.45, 2.75) is 52.3 Å². The summed E-state index contributed by atoms with van der Waals surface area (Å²) >= 11 is 0. The van der Waals surface area contributed by atoms with Gasteiger partial charge in [-0.25, -0.2) is 4.98 Å². The largest absolute Gasteiger partial charge is 0.374 e. The quantitative estimate of drug-likeness (QED) is 0.553. The number of aryl methyl sites for hydroxylation is 1. The molecular weight excluding hydrogens is 216 g/mol. The first-order valence-electron chi connectivity index (χ1n) is 6.15. The van der Waals surface area contributed by atoms with Gasteiger partial charge in [0.25, 0.3) is 0 Å². The molecule has 1 rings (SSSR count). The summed E-state index contributed by atoms with van der Waals surface area (Å²) in [7, 11) is 0. The molecule has 17 heavy (non-hydrogen) atoms. The molecule has 0 aliphatic rings. The van der Waals surface area contributed by atoms with Gasteiger partial charge in [0.1, 0.15) is 5.82 Å². The van der Waals surface area contributed by atoms with E-state index in [-0.39, 0.29) is 11.6 Å². The average molecular weight is 240 g/mol. The van der Waals surface area contributed by atoms with E-state index < -0.39 is 0 Å². The van der Waals surface area contributed by atoms with Crippen LogP contribution in [0, 0.1) is 0 Å². The lowest BCUT2D eigenvalue weighted by atomic mass is 9.95. The molecule has 0 amide bonds. The van der Waals surface area contributed by atoms with E-state index >= 15 is 0 Å². The predicted molar refractivity (Wildman–Crippen MR) is 68.4 cm³/mol. The van der Waals surface area contributed by atoms with Crippen molar-refractivity contribution in [2.75, 3.05) is 6.61 Å². The summed E-state index contributed by atoms with van der Waals surface area (Å²) in [6.07, 6.45) is 4.56. The van der Waals surface area contributed by atoms with E-state index in [4.69, 9.17) is 10.6 Å². The number of rotatable bonds is 7. The highest BCUT2D eigenvalue weighted by Crippen LogP contribution is 2.18. The van der Waals surface area contributed by atoms with Crippen molar-refractivity contribution in [3.05, 3.63) is 18.2 Å².